The van der Waals surface area contributed by atoms with E-state index in [0.29, 0.717) is 29.6 Å². The van der Waals surface area contributed by atoms with E-state index >= 15 is 0 Å². The zero-order chi connectivity index (χ0) is 25.9. The zero-order valence-corrected chi connectivity index (χ0v) is 22.1. The molecule has 5 rings (SSSR count). The van der Waals surface area contributed by atoms with Crippen LogP contribution in [-0.2, 0) is 29.4 Å². The van der Waals surface area contributed by atoms with E-state index in [1.807, 2.05) is 67.6 Å². The Bertz CT molecular complexity index is 1010. The highest BCUT2D eigenvalue weighted by Gasteiger charge is 2.57. The van der Waals surface area contributed by atoms with E-state index in [2.05, 4.69) is 0 Å². The van der Waals surface area contributed by atoms with Gasteiger partial charge >= 0.3 is 11.9 Å². The predicted molar refractivity (Wildman–Crippen MR) is 140 cm³/mol. The lowest BCUT2D eigenvalue weighted by Gasteiger charge is -2.47. The van der Waals surface area contributed by atoms with Crippen molar-refractivity contribution in [3.8, 4) is 0 Å². The average Bonchev–Trinajstić information content (AvgIpc) is 3.48. The summed E-state index contributed by atoms with van der Waals surface area (Å²) in [4.78, 5) is 26.6. The molecule has 6 nitrogen and oxygen atoms in total. The third-order valence-electron chi connectivity index (χ3n) is 8.87. The van der Waals surface area contributed by atoms with Gasteiger partial charge in [-0.1, -0.05) is 74.5 Å². The fraction of sp³-hybridized carbons (Fsp3) is 0.548. The molecule has 0 N–H and O–H groups in total. The first-order valence-electron chi connectivity index (χ1n) is 14.1. The minimum Gasteiger partial charge on any atom is -0.459 e. The van der Waals surface area contributed by atoms with Crippen LogP contribution in [0.15, 0.2) is 60.7 Å². The van der Waals surface area contributed by atoms with Crippen LogP contribution < -0.4 is 0 Å². The maximum absolute atomic E-state index is 14.4. The second-order valence-corrected chi connectivity index (χ2v) is 10.9. The average molecular weight is 507 g/mol. The molecule has 3 aliphatic rings. The highest BCUT2D eigenvalue weighted by molar-refractivity contribution is 5.86. The van der Waals surface area contributed by atoms with Gasteiger partial charge in [-0.25, -0.2) is 4.79 Å². The van der Waals surface area contributed by atoms with Crippen molar-refractivity contribution in [1.82, 2.24) is 0 Å². The van der Waals surface area contributed by atoms with E-state index in [0.717, 1.165) is 12.8 Å². The Morgan fingerprint density at radius 3 is 1.92 bits per heavy atom. The SMILES string of the molecule is CCC(=O)OC(CC)OC(C(=O)OC1CC2CCC(C1)[N+]21CCCC1)(c1ccccc1)c1ccccc1. The van der Waals surface area contributed by atoms with E-state index in [1.54, 1.807) is 6.92 Å². The topological polar surface area (TPSA) is 61.8 Å². The maximum Gasteiger partial charge on any atom is 0.348 e. The number of hydrogen-bond acceptors (Lipinski definition) is 5. The second-order valence-electron chi connectivity index (χ2n) is 10.9. The number of benzene rings is 2. The summed E-state index contributed by atoms with van der Waals surface area (Å²) >= 11 is 0. The number of carbonyl (C=O) groups is 2. The Morgan fingerprint density at radius 1 is 0.892 bits per heavy atom. The third kappa shape index (κ3) is 4.82. The predicted octanol–water partition coefficient (Wildman–Crippen LogP) is 5.48. The first-order chi connectivity index (χ1) is 18.0. The van der Waals surface area contributed by atoms with Crippen LogP contribution in [0, 0.1) is 0 Å². The van der Waals surface area contributed by atoms with Gasteiger partial charge in [-0.05, 0) is 11.1 Å². The van der Waals surface area contributed by atoms with Crippen LogP contribution in [0.3, 0.4) is 0 Å². The molecule has 0 aliphatic carbocycles. The fourth-order valence-corrected chi connectivity index (χ4v) is 7.09. The van der Waals surface area contributed by atoms with Gasteiger partial charge in [0.2, 0.25) is 11.9 Å². The zero-order valence-electron chi connectivity index (χ0n) is 22.1. The van der Waals surface area contributed by atoms with Crippen LogP contribution in [0.4, 0.5) is 0 Å². The number of ether oxygens (including phenoxy) is 3. The van der Waals surface area contributed by atoms with Crippen molar-refractivity contribution in [2.75, 3.05) is 13.1 Å². The Hall–Kier alpha value is -2.70. The number of hydrogen-bond donors (Lipinski definition) is 0. The number of piperidine rings is 1. The van der Waals surface area contributed by atoms with Gasteiger partial charge in [0.05, 0.1) is 25.2 Å². The molecule has 3 atom stereocenters. The standard InChI is InChI=1S/C31H40NO5/c1-3-28(33)36-29(4-2)37-31(23-13-7-5-8-14-23,24-15-9-6-10-16-24)30(34)35-27-21-25-17-18-26(22-27)32(25)19-11-12-20-32/h5-10,13-16,25-27,29H,3-4,11-12,17-22H2,1-2H3/q+1. The van der Waals surface area contributed by atoms with Gasteiger partial charge in [0.25, 0.3) is 0 Å². The highest BCUT2D eigenvalue weighted by Crippen LogP contribution is 2.47. The van der Waals surface area contributed by atoms with Crippen LogP contribution >= 0.6 is 0 Å². The maximum atomic E-state index is 14.4. The van der Waals surface area contributed by atoms with Crippen molar-refractivity contribution in [1.29, 1.82) is 0 Å². The van der Waals surface area contributed by atoms with Crippen LogP contribution in [0.5, 0.6) is 0 Å². The van der Waals surface area contributed by atoms with E-state index in [9.17, 15) is 9.59 Å². The number of quaternary nitrogens is 1. The van der Waals surface area contributed by atoms with E-state index in [1.165, 1.54) is 43.3 Å². The molecule has 0 saturated carbocycles. The van der Waals surface area contributed by atoms with Gasteiger partial charge in [-0.3, -0.25) is 4.79 Å². The molecule has 1 spiro atoms. The van der Waals surface area contributed by atoms with E-state index in [4.69, 9.17) is 14.2 Å². The molecule has 0 aromatic heterocycles. The number of carbonyl (C=O) groups excluding carboxylic acids is 2. The molecular weight excluding hydrogens is 466 g/mol. The summed E-state index contributed by atoms with van der Waals surface area (Å²) in [7, 11) is 0. The molecule has 2 bridgehead atoms. The summed E-state index contributed by atoms with van der Waals surface area (Å²) in [5.41, 5.74) is -0.216. The smallest absolute Gasteiger partial charge is 0.348 e. The van der Waals surface area contributed by atoms with Crippen molar-refractivity contribution >= 4 is 11.9 Å². The largest absolute Gasteiger partial charge is 0.459 e. The quantitative estimate of drug-likeness (QED) is 0.256. The molecule has 3 fully saturated rings. The number of nitrogens with zero attached hydrogens (tertiary/aromatic N) is 1. The summed E-state index contributed by atoms with van der Waals surface area (Å²) in [6, 6.07) is 20.1. The molecule has 3 aliphatic heterocycles. The summed E-state index contributed by atoms with van der Waals surface area (Å²) in [6.07, 6.45) is 6.51. The van der Waals surface area contributed by atoms with Crippen LogP contribution in [0.25, 0.3) is 0 Å². The Balaban J connectivity index is 1.49. The fourth-order valence-electron chi connectivity index (χ4n) is 7.09. The minimum atomic E-state index is -1.55. The molecule has 3 saturated heterocycles. The number of rotatable bonds is 9. The van der Waals surface area contributed by atoms with Crippen molar-refractivity contribution in [2.45, 2.75) is 95.3 Å². The van der Waals surface area contributed by atoms with Crippen molar-refractivity contribution in [3.63, 3.8) is 0 Å². The van der Waals surface area contributed by atoms with Crippen LogP contribution in [0.2, 0.25) is 0 Å². The molecule has 2 aromatic carbocycles. The van der Waals surface area contributed by atoms with Crippen molar-refractivity contribution in [2.24, 2.45) is 0 Å². The minimum absolute atomic E-state index is 0.136. The van der Waals surface area contributed by atoms with Crippen molar-refractivity contribution < 1.29 is 28.3 Å². The first-order valence-corrected chi connectivity index (χ1v) is 14.1. The molecular formula is C31H40NO5+. The van der Waals surface area contributed by atoms with Gasteiger partial charge in [0.1, 0.15) is 6.10 Å². The Morgan fingerprint density at radius 2 is 1.43 bits per heavy atom. The lowest BCUT2D eigenvalue weighted by molar-refractivity contribution is -0.956. The number of esters is 2. The van der Waals surface area contributed by atoms with Crippen molar-refractivity contribution in [3.05, 3.63) is 71.8 Å². The van der Waals surface area contributed by atoms with E-state index in [-0.39, 0.29) is 18.5 Å². The molecule has 6 heteroatoms. The summed E-state index contributed by atoms with van der Waals surface area (Å²) in [5, 5.41) is 0. The molecule has 3 heterocycles. The summed E-state index contributed by atoms with van der Waals surface area (Å²) in [6.45, 7) is 6.19. The lowest BCUT2D eigenvalue weighted by Crippen LogP contribution is -2.60. The second kappa shape index (κ2) is 11.0. The normalized spacial score (nSPS) is 25.1. The molecule has 3 unspecified atom stereocenters. The van der Waals surface area contributed by atoms with Gasteiger partial charge in [-0.2, -0.15) is 0 Å². The lowest BCUT2D eigenvalue weighted by atomic mass is 9.85. The first kappa shape index (κ1) is 25.9. The monoisotopic (exact) mass is 506 g/mol. The van der Waals surface area contributed by atoms with E-state index < -0.39 is 17.9 Å². The molecule has 0 amide bonds. The van der Waals surface area contributed by atoms with Gasteiger partial charge in [0, 0.05) is 51.4 Å². The molecule has 2 aromatic rings. The summed E-state index contributed by atoms with van der Waals surface area (Å²) < 4.78 is 19.9. The Labute approximate surface area is 220 Å². The summed E-state index contributed by atoms with van der Waals surface area (Å²) in [5.74, 6) is -0.797. The highest BCUT2D eigenvalue weighted by atomic mass is 16.7. The van der Waals surface area contributed by atoms with Crippen LogP contribution in [-0.4, -0.2) is 54.0 Å². The van der Waals surface area contributed by atoms with Crippen LogP contribution in [0.1, 0.15) is 76.3 Å². The van der Waals surface area contributed by atoms with Gasteiger partial charge < -0.3 is 18.7 Å². The van der Waals surface area contributed by atoms with Gasteiger partial charge in [0.15, 0.2) is 0 Å². The molecule has 0 radical (unpaired) electrons. The third-order valence-corrected chi connectivity index (χ3v) is 8.87. The van der Waals surface area contributed by atoms with Gasteiger partial charge in [-0.15, -0.1) is 0 Å². The Kier molecular flexibility index (Phi) is 7.68. The molecule has 198 valence electrons. The molecule has 37 heavy (non-hydrogen) atoms.